The molecule has 1 aromatic rings. The standard InChI is InChI=1S/C20H24BrNO4/c21-15-3-1-2-14(12-15)20(6-10-26-11-7-20)18(25)22-8-4-19(5-9-22)13-16(19)17(23)24/h1-3,12,16H,4-11,13H2,(H,23,24)/t16-/m1/s1. The van der Waals surface area contributed by atoms with Crippen molar-refractivity contribution < 1.29 is 19.4 Å². The third kappa shape index (κ3) is 2.97. The summed E-state index contributed by atoms with van der Waals surface area (Å²) in [5, 5.41) is 9.27. The van der Waals surface area contributed by atoms with E-state index in [0.717, 1.165) is 29.3 Å². The SMILES string of the molecule is O=C(O)[C@H]1CC12CCN(C(=O)C1(c3cccc(Br)c3)CCOCC1)CC2. The molecule has 2 saturated heterocycles. The van der Waals surface area contributed by atoms with Gasteiger partial charge in [0.1, 0.15) is 0 Å². The van der Waals surface area contributed by atoms with Crippen LogP contribution < -0.4 is 0 Å². The van der Waals surface area contributed by atoms with Crippen molar-refractivity contribution in [3.63, 3.8) is 0 Å². The summed E-state index contributed by atoms with van der Waals surface area (Å²) in [6, 6.07) is 8.05. The van der Waals surface area contributed by atoms with Gasteiger partial charge in [-0.15, -0.1) is 0 Å². The second-order valence-corrected chi connectivity index (χ2v) is 8.87. The van der Waals surface area contributed by atoms with Gasteiger partial charge in [0, 0.05) is 30.8 Å². The van der Waals surface area contributed by atoms with E-state index in [1.807, 2.05) is 23.1 Å². The van der Waals surface area contributed by atoms with E-state index < -0.39 is 11.4 Å². The molecular formula is C20H24BrNO4. The van der Waals surface area contributed by atoms with Crippen LogP contribution in [0.5, 0.6) is 0 Å². The molecule has 26 heavy (non-hydrogen) atoms. The first-order chi connectivity index (χ1) is 12.5. The highest BCUT2D eigenvalue weighted by Gasteiger charge is 2.59. The lowest BCUT2D eigenvalue weighted by atomic mass is 9.72. The Morgan fingerprint density at radius 2 is 1.85 bits per heavy atom. The van der Waals surface area contributed by atoms with E-state index in [9.17, 15) is 14.7 Å². The highest BCUT2D eigenvalue weighted by Crippen LogP contribution is 2.59. The third-order valence-electron chi connectivity index (χ3n) is 6.67. The Hall–Kier alpha value is -1.40. The van der Waals surface area contributed by atoms with E-state index in [1.54, 1.807) is 0 Å². The number of benzene rings is 1. The number of aliphatic carboxylic acids is 1. The van der Waals surface area contributed by atoms with Gasteiger partial charge in [0.25, 0.3) is 0 Å². The number of likely N-dealkylation sites (tertiary alicyclic amines) is 1. The summed E-state index contributed by atoms with van der Waals surface area (Å²) in [6.45, 7) is 2.52. The molecule has 140 valence electrons. The van der Waals surface area contributed by atoms with E-state index in [2.05, 4.69) is 22.0 Å². The Morgan fingerprint density at radius 3 is 2.42 bits per heavy atom. The molecule has 2 heterocycles. The molecule has 6 heteroatoms. The number of rotatable bonds is 3. The van der Waals surface area contributed by atoms with Crippen LogP contribution in [0.4, 0.5) is 0 Å². The molecule has 0 aromatic heterocycles. The van der Waals surface area contributed by atoms with Gasteiger partial charge in [0.05, 0.1) is 11.3 Å². The van der Waals surface area contributed by atoms with Gasteiger partial charge in [-0.05, 0) is 55.2 Å². The van der Waals surface area contributed by atoms with Crippen molar-refractivity contribution in [1.29, 1.82) is 0 Å². The first kappa shape index (κ1) is 18.0. The molecule has 1 amide bonds. The first-order valence-electron chi connectivity index (χ1n) is 9.33. The van der Waals surface area contributed by atoms with Crippen molar-refractivity contribution in [2.24, 2.45) is 11.3 Å². The van der Waals surface area contributed by atoms with Crippen molar-refractivity contribution in [3.8, 4) is 0 Å². The summed E-state index contributed by atoms with van der Waals surface area (Å²) >= 11 is 3.53. The molecule has 1 aliphatic carbocycles. The van der Waals surface area contributed by atoms with E-state index in [4.69, 9.17) is 4.74 Å². The predicted molar refractivity (Wildman–Crippen MR) is 99.9 cm³/mol. The number of piperidine rings is 1. The first-order valence-corrected chi connectivity index (χ1v) is 10.1. The summed E-state index contributed by atoms with van der Waals surface area (Å²) in [7, 11) is 0. The zero-order valence-corrected chi connectivity index (χ0v) is 16.3. The maximum atomic E-state index is 13.6. The Morgan fingerprint density at radius 1 is 1.15 bits per heavy atom. The molecule has 3 fully saturated rings. The van der Waals surface area contributed by atoms with Crippen LogP contribution in [-0.4, -0.2) is 48.2 Å². The number of carboxylic acid groups (broad SMARTS) is 1. The van der Waals surface area contributed by atoms with Gasteiger partial charge in [-0.3, -0.25) is 9.59 Å². The second-order valence-electron chi connectivity index (χ2n) is 7.95. The van der Waals surface area contributed by atoms with Gasteiger partial charge < -0.3 is 14.7 Å². The highest BCUT2D eigenvalue weighted by atomic mass is 79.9. The van der Waals surface area contributed by atoms with Crippen molar-refractivity contribution in [2.45, 2.75) is 37.5 Å². The van der Waals surface area contributed by atoms with E-state index in [1.165, 1.54) is 0 Å². The van der Waals surface area contributed by atoms with Crippen LogP contribution in [0.15, 0.2) is 28.7 Å². The summed E-state index contributed by atoms with van der Waals surface area (Å²) < 4.78 is 6.53. The minimum absolute atomic E-state index is 0.0543. The summed E-state index contributed by atoms with van der Waals surface area (Å²) in [4.78, 5) is 26.8. The Balaban J connectivity index is 1.54. The number of carbonyl (C=O) groups is 2. The smallest absolute Gasteiger partial charge is 0.307 e. The molecule has 4 rings (SSSR count). The average molecular weight is 422 g/mol. The lowest BCUT2D eigenvalue weighted by molar-refractivity contribution is -0.143. The molecule has 1 aromatic carbocycles. The fourth-order valence-corrected chi connectivity index (χ4v) is 5.24. The molecule has 1 atom stereocenters. The van der Waals surface area contributed by atoms with E-state index in [-0.39, 0.29) is 17.2 Å². The summed E-state index contributed by atoms with van der Waals surface area (Å²) in [5.41, 5.74) is 0.471. The molecule has 0 unspecified atom stereocenters. The van der Waals surface area contributed by atoms with Crippen LogP contribution >= 0.6 is 15.9 Å². The van der Waals surface area contributed by atoms with Gasteiger partial charge in [0.2, 0.25) is 5.91 Å². The number of carbonyl (C=O) groups excluding carboxylic acids is 1. The molecule has 2 aliphatic heterocycles. The third-order valence-corrected chi connectivity index (χ3v) is 7.16. The second kappa shape index (κ2) is 6.64. The fraction of sp³-hybridized carbons (Fsp3) is 0.600. The van der Waals surface area contributed by atoms with Gasteiger partial charge in [0.15, 0.2) is 0 Å². The number of nitrogens with zero attached hydrogens (tertiary/aromatic N) is 1. The van der Waals surface area contributed by atoms with Crippen LogP contribution in [0.25, 0.3) is 0 Å². The van der Waals surface area contributed by atoms with Crippen LogP contribution in [-0.2, 0) is 19.7 Å². The lowest BCUT2D eigenvalue weighted by Crippen LogP contribution is -2.52. The van der Waals surface area contributed by atoms with Crippen molar-refractivity contribution in [3.05, 3.63) is 34.3 Å². The Kier molecular flexibility index (Phi) is 4.59. The molecule has 1 spiro atoms. The maximum Gasteiger partial charge on any atom is 0.307 e. The quantitative estimate of drug-likeness (QED) is 0.813. The number of hydrogen-bond donors (Lipinski definition) is 1. The molecule has 0 bridgehead atoms. The number of amides is 1. The molecule has 1 saturated carbocycles. The fourth-order valence-electron chi connectivity index (χ4n) is 4.84. The van der Waals surface area contributed by atoms with Crippen LogP contribution in [0, 0.1) is 11.3 Å². The van der Waals surface area contributed by atoms with Gasteiger partial charge in [-0.25, -0.2) is 0 Å². The number of hydrogen-bond acceptors (Lipinski definition) is 3. The molecule has 1 N–H and O–H groups in total. The molecule has 3 aliphatic rings. The van der Waals surface area contributed by atoms with Gasteiger partial charge in [-0.2, -0.15) is 0 Å². The Labute approximate surface area is 161 Å². The van der Waals surface area contributed by atoms with Crippen molar-refractivity contribution >= 4 is 27.8 Å². The minimum Gasteiger partial charge on any atom is -0.481 e. The normalized spacial score (nSPS) is 26.5. The Bertz CT molecular complexity index is 720. The van der Waals surface area contributed by atoms with Crippen molar-refractivity contribution in [2.75, 3.05) is 26.3 Å². The average Bonchev–Trinajstić information content (AvgIpc) is 3.36. The predicted octanol–water partition coefficient (Wildman–Crippen LogP) is 3.21. The largest absolute Gasteiger partial charge is 0.481 e. The number of halogens is 1. The summed E-state index contributed by atoms with van der Waals surface area (Å²) in [5.74, 6) is -0.706. The van der Waals surface area contributed by atoms with E-state index in [0.29, 0.717) is 39.1 Å². The van der Waals surface area contributed by atoms with Crippen molar-refractivity contribution in [1.82, 2.24) is 4.90 Å². The van der Waals surface area contributed by atoms with Crippen LogP contribution in [0.2, 0.25) is 0 Å². The monoisotopic (exact) mass is 421 g/mol. The van der Waals surface area contributed by atoms with Gasteiger partial charge in [-0.1, -0.05) is 28.1 Å². The topological polar surface area (TPSA) is 66.8 Å². The summed E-state index contributed by atoms with van der Waals surface area (Å²) in [6.07, 6.45) is 3.78. The van der Waals surface area contributed by atoms with Crippen LogP contribution in [0.1, 0.15) is 37.7 Å². The number of carboxylic acids is 1. The zero-order chi connectivity index (χ0) is 18.4. The lowest BCUT2D eigenvalue weighted by Gasteiger charge is -2.42. The molecule has 5 nitrogen and oxygen atoms in total. The zero-order valence-electron chi connectivity index (χ0n) is 14.7. The highest BCUT2D eigenvalue weighted by molar-refractivity contribution is 9.10. The van der Waals surface area contributed by atoms with E-state index >= 15 is 0 Å². The minimum atomic E-state index is -0.681. The molecular weight excluding hydrogens is 398 g/mol. The van der Waals surface area contributed by atoms with Crippen LogP contribution in [0.3, 0.4) is 0 Å². The molecule has 0 radical (unpaired) electrons. The maximum absolute atomic E-state index is 13.6. The van der Waals surface area contributed by atoms with Gasteiger partial charge >= 0.3 is 5.97 Å². The number of ether oxygens (including phenoxy) is 1.